The van der Waals surface area contributed by atoms with Crippen LogP contribution in [-0.2, 0) is 0 Å². The summed E-state index contributed by atoms with van der Waals surface area (Å²) in [4.78, 5) is 2.50. The van der Waals surface area contributed by atoms with Crippen LogP contribution in [0.5, 0.6) is 0 Å². The van der Waals surface area contributed by atoms with Crippen LogP contribution < -0.4 is 5.32 Å². The van der Waals surface area contributed by atoms with Crippen molar-refractivity contribution in [3.63, 3.8) is 0 Å². The second kappa shape index (κ2) is 9.00. The lowest BCUT2D eigenvalue weighted by molar-refractivity contribution is 0.230. The standard InChI is InChI=1S/C14H32N2/c1-7-16(13(4)5)11-10-15-14(6)9-8-12(2)3/h12-15H,7-11H2,1-6H3. The Morgan fingerprint density at radius 3 is 2.06 bits per heavy atom. The maximum Gasteiger partial charge on any atom is 0.0110 e. The summed E-state index contributed by atoms with van der Waals surface area (Å²) in [5.74, 6) is 0.826. The van der Waals surface area contributed by atoms with Crippen LogP contribution in [0.15, 0.2) is 0 Å². The predicted molar refractivity (Wildman–Crippen MR) is 73.9 cm³/mol. The molecule has 1 unspecified atom stereocenters. The first kappa shape index (κ1) is 15.9. The lowest BCUT2D eigenvalue weighted by atomic mass is 10.0. The highest BCUT2D eigenvalue weighted by molar-refractivity contribution is 4.66. The van der Waals surface area contributed by atoms with Gasteiger partial charge in [-0.25, -0.2) is 0 Å². The molecule has 0 saturated heterocycles. The van der Waals surface area contributed by atoms with Crippen molar-refractivity contribution in [2.45, 2.75) is 66.5 Å². The Labute approximate surface area is 103 Å². The molecular formula is C14H32N2. The molecule has 0 spiro atoms. The zero-order chi connectivity index (χ0) is 12.6. The van der Waals surface area contributed by atoms with Gasteiger partial charge in [0.25, 0.3) is 0 Å². The van der Waals surface area contributed by atoms with E-state index in [-0.39, 0.29) is 0 Å². The van der Waals surface area contributed by atoms with E-state index in [4.69, 9.17) is 0 Å². The third kappa shape index (κ3) is 8.12. The molecule has 0 aliphatic carbocycles. The largest absolute Gasteiger partial charge is 0.313 e. The zero-order valence-corrected chi connectivity index (χ0v) is 12.2. The third-order valence-corrected chi connectivity index (χ3v) is 3.21. The molecule has 0 saturated carbocycles. The Hall–Kier alpha value is -0.0800. The molecule has 2 nitrogen and oxygen atoms in total. The molecule has 0 aromatic rings. The second-order valence-electron chi connectivity index (χ2n) is 5.55. The molecule has 98 valence electrons. The summed E-state index contributed by atoms with van der Waals surface area (Å²) in [7, 11) is 0. The van der Waals surface area contributed by atoms with Gasteiger partial charge >= 0.3 is 0 Å². The van der Waals surface area contributed by atoms with Gasteiger partial charge in [-0.3, -0.25) is 4.90 Å². The summed E-state index contributed by atoms with van der Waals surface area (Å²) in [6.45, 7) is 17.1. The molecule has 0 radical (unpaired) electrons. The summed E-state index contributed by atoms with van der Waals surface area (Å²) in [6, 6.07) is 1.33. The van der Waals surface area contributed by atoms with E-state index in [2.05, 4.69) is 51.8 Å². The van der Waals surface area contributed by atoms with Crippen LogP contribution in [0.4, 0.5) is 0 Å². The van der Waals surface area contributed by atoms with Gasteiger partial charge in [-0.1, -0.05) is 20.8 Å². The molecular weight excluding hydrogens is 196 g/mol. The van der Waals surface area contributed by atoms with Crippen LogP contribution in [0, 0.1) is 5.92 Å². The second-order valence-corrected chi connectivity index (χ2v) is 5.55. The van der Waals surface area contributed by atoms with Gasteiger partial charge in [-0.05, 0) is 46.1 Å². The van der Waals surface area contributed by atoms with Crippen molar-refractivity contribution < 1.29 is 0 Å². The number of likely N-dealkylation sites (N-methyl/N-ethyl adjacent to an activating group) is 1. The highest BCUT2D eigenvalue weighted by Crippen LogP contribution is 2.06. The highest BCUT2D eigenvalue weighted by atomic mass is 15.2. The maximum atomic E-state index is 3.62. The molecule has 2 heteroatoms. The smallest absolute Gasteiger partial charge is 0.0110 e. The van der Waals surface area contributed by atoms with Crippen LogP contribution in [0.2, 0.25) is 0 Å². The summed E-state index contributed by atoms with van der Waals surface area (Å²) in [5.41, 5.74) is 0. The van der Waals surface area contributed by atoms with Gasteiger partial charge < -0.3 is 5.32 Å². The molecule has 0 rings (SSSR count). The van der Waals surface area contributed by atoms with E-state index in [1.165, 1.54) is 19.4 Å². The van der Waals surface area contributed by atoms with Gasteiger partial charge in [0.2, 0.25) is 0 Å². The van der Waals surface area contributed by atoms with Gasteiger partial charge in [0.05, 0.1) is 0 Å². The maximum absolute atomic E-state index is 3.62. The molecule has 0 aliphatic heterocycles. The van der Waals surface area contributed by atoms with Crippen molar-refractivity contribution in [1.29, 1.82) is 0 Å². The highest BCUT2D eigenvalue weighted by Gasteiger charge is 2.07. The van der Waals surface area contributed by atoms with Crippen LogP contribution in [0.25, 0.3) is 0 Å². The molecule has 0 heterocycles. The SMILES string of the molecule is CCN(CCNC(C)CCC(C)C)C(C)C. The average molecular weight is 228 g/mol. The van der Waals surface area contributed by atoms with E-state index in [0.29, 0.717) is 12.1 Å². The van der Waals surface area contributed by atoms with Crippen molar-refractivity contribution in [2.24, 2.45) is 5.92 Å². The first-order chi connectivity index (χ1) is 7.47. The Morgan fingerprint density at radius 1 is 1.00 bits per heavy atom. The quantitative estimate of drug-likeness (QED) is 0.652. The van der Waals surface area contributed by atoms with E-state index < -0.39 is 0 Å². The Kier molecular flexibility index (Phi) is 8.96. The lowest BCUT2D eigenvalue weighted by Crippen LogP contribution is -2.39. The summed E-state index contributed by atoms with van der Waals surface area (Å²) < 4.78 is 0. The molecule has 1 atom stereocenters. The minimum absolute atomic E-state index is 0.660. The van der Waals surface area contributed by atoms with Gasteiger partial charge in [-0.15, -0.1) is 0 Å². The fourth-order valence-corrected chi connectivity index (χ4v) is 1.92. The van der Waals surface area contributed by atoms with Crippen molar-refractivity contribution in [1.82, 2.24) is 10.2 Å². The topological polar surface area (TPSA) is 15.3 Å². The molecule has 0 fully saturated rings. The first-order valence-electron chi connectivity index (χ1n) is 6.94. The number of hydrogen-bond donors (Lipinski definition) is 1. The Morgan fingerprint density at radius 2 is 1.62 bits per heavy atom. The van der Waals surface area contributed by atoms with Crippen LogP contribution in [-0.4, -0.2) is 36.6 Å². The van der Waals surface area contributed by atoms with Crippen molar-refractivity contribution in [3.8, 4) is 0 Å². The van der Waals surface area contributed by atoms with Gasteiger partial charge in [0.15, 0.2) is 0 Å². The van der Waals surface area contributed by atoms with E-state index >= 15 is 0 Å². The summed E-state index contributed by atoms with van der Waals surface area (Å²) in [6.07, 6.45) is 2.63. The Balaban J connectivity index is 3.56. The average Bonchev–Trinajstić information content (AvgIpc) is 2.20. The predicted octanol–water partition coefficient (Wildman–Crippen LogP) is 3.13. The van der Waals surface area contributed by atoms with E-state index in [1.807, 2.05) is 0 Å². The molecule has 1 N–H and O–H groups in total. The summed E-state index contributed by atoms with van der Waals surface area (Å²) >= 11 is 0. The molecule has 0 aromatic heterocycles. The van der Waals surface area contributed by atoms with Crippen molar-refractivity contribution in [2.75, 3.05) is 19.6 Å². The minimum atomic E-state index is 0.660. The van der Waals surface area contributed by atoms with Gasteiger partial charge in [-0.2, -0.15) is 0 Å². The fraction of sp³-hybridized carbons (Fsp3) is 1.00. The molecule has 16 heavy (non-hydrogen) atoms. The number of nitrogens with one attached hydrogen (secondary N) is 1. The normalized spacial score (nSPS) is 14.1. The van der Waals surface area contributed by atoms with Crippen LogP contribution >= 0.6 is 0 Å². The minimum Gasteiger partial charge on any atom is -0.313 e. The fourth-order valence-electron chi connectivity index (χ4n) is 1.92. The zero-order valence-electron chi connectivity index (χ0n) is 12.2. The first-order valence-corrected chi connectivity index (χ1v) is 6.94. The van der Waals surface area contributed by atoms with E-state index in [9.17, 15) is 0 Å². The van der Waals surface area contributed by atoms with Crippen LogP contribution in [0.3, 0.4) is 0 Å². The monoisotopic (exact) mass is 228 g/mol. The van der Waals surface area contributed by atoms with Crippen LogP contribution in [0.1, 0.15) is 54.4 Å². The Bertz CT molecular complexity index is 155. The lowest BCUT2D eigenvalue weighted by Gasteiger charge is -2.25. The molecule has 0 aromatic carbocycles. The summed E-state index contributed by atoms with van der Waals surface area (Å²) in [5, 5.41) is 3.62. The van der Waals surface area contributed by atoms with Gasteiger partial charge in [0, 0.05) is 25.2 Å². The van der Waals surface area contributed by atoms with Gasteiger partial charge in [0.1, 0.15) is 0 Å². The van der Waals surface area contributed by atoms with Crippen molar-refractivity contribution >= 4 is 0 Å². The number of nitrogens with zero attached hydrogens (tertiary/aromatic N) is 1. The molecule has 0 aliphatic rings. The van der Waals surface area contributed by atoms with E-state index in [1.54, 1.807) is 0 Å². The third-order valence-electron chi connectivity index (χ3n) is 3.21. The number of hydrogen-bond acceptors (Lipinski definition) is 2. The van der Waals surface area contributed by atoms with E-state index in [0.717, 1.165) is 19.0 Å². The molecule has 0 bridgehead atoms. The van der Waals surface area contributed by atoms with Crippen molar-refractivity contribution in [3.05, 3.63) is 0 Å². The number of rotatable bonds is 9. The molecule has 0 amide bonds.